The van der Waals surface area contributed by atoms with E-state index in [1.54, 1.807) is 24.5 Å². The molecule has 0 radical (unpaired) electrons. The van der Waals surface area contributed by atoms with E-state index in [9.17, 15) is 14.4 Å². The highest BCUT2D eigenvalue weighted by Gasteiger charge is 2.30. The predicted octanol–water partition coefficient (Wildman–Crippen LogP) is 3.77. The van der Waals surface area contributed by atoms with Crippen LogP contribution in [0.3, 0.4) is 0 Å². The average molecular weight is 569 g/mol. The van der Waals surface area contributed by atoms with Crippen LogP contribution in [0.25, 0.3) is 0 Å². The molecule has 0 saturated heterocycles. The van der Waals surface area contributed by atoms with E-state index in [-0.39, 0.29) is 37.4 Å². The van der Waals surface area contributed by atoms with Gasteiger partial charge in [-0.05, 0) is 23.3 Å². The average Bonchev–Trinajstić information content (AvgIpc) is 3.53. The molecule has 0 saturated carbocycles. The Morgan fingerprint density at radius 2 is 1.64 bits per heavy atom. The van der Waals surface area contributed by atoms with Crippen LogP contribution in [0.5, 0.6) is 0 Å². The minimum atomic E-state index is -1.03. The SMILES string of the molecule is CC(C)(CNC(=O)CN(Cc1ccccn1)C(=O)[C@H](Cc1c[nH]cn1)NC(=O)OCc1ccccc1)c1ccccc1. The molecule has 10 nitrogen and oxygen atoms in total. The van der Waals surface area contributed by atoms with Gasteiger partial charge in [0.05, 0.1) is 30.8 Å². The quantitative estimate of drug-likeness (QED) is 0.225. The van der Waals surface area contributed by atoms with Crippen LogP contribution in [-0.4, -0.2) is 56.9 Å². The molecule has 0 unspecified atom stereocenters. The lowest BCUT2D eigenvalue weighted by Gasteiger charge is -2.29. The molecular weight excluding hydrogens is 532 g/mol. The summed E-state index contributed by atoms with van der Waals surface area (Å²) in [7, 11) is 0. The van der Waals surface area contributed by atoms with Gasteiger partial charge in [-0.25, -0.2) is 9.78 Å². The second-order valence-corrected chi connectivity index (χ2v) is 10.6. The van der Waals surface area contributed by atoms with Gasteiger partial charge in [-0.3, -0.25) is 14.6 Å². The molecule has 3 N–H and O–H groups in total. The van der Waals surface area contributed by atoms with E-state index in [4.69, 9.17) is 4.74 Å². The van der Waals surface area contributed by atoms with Gasteiger partial charge in [0.15, 0.2) is 0 Å². The molecule has 2 heterocycles. The summed E-state index contributed by atoms with van der Waals surface area (Å²) in [5, 5.41) is 5.66. The Bertz CT molecular complexity index is 1410. The molecule has 4 rings (SSSR count). The normalized spacial score (nSPS) is 11.8. The summed E-state index contributed by atoms with van der Waals surface area (Å²) in [4.78, 5) is 52.7. The molecule has 3 amide bonds. The van der Waals surface area contributed by atoms with Crippen molar-refractivity contribution in [2.24, 2.45) is 0 Å². The Balaban J connectivity index is 1.48. The number of benzene rings is 2. The fraction of sp³-hybridized carbons (Fsp3) is 0.281. The van der Waals surface area contributed by atoms with Gasteiger partial charge in [0.2, 0.25) is 11.8 Å². The second-order valence-electron chi connectivity index (χ2n) is 10.6. The van der Waals surface area contributed by atoms with E-state index in [2.05, 4.69) is 25.6 Å². The van der Waals surface area contributed by atoms with Gasteiger partial charge < -0.3 is 25.3 Å². The lowest BCUT2D eigenvalue weighted by molar-refractivity contribution is -0.138. The van der Waals surface area contributed by atoms with Crippen molar-refractivity contribution in [3.63, 3.8) is 0 Å². The van der Waals surface area contributed by atoms with Crippen LogP contribution in [0, 0.1) is 0 Å². The maximum absolute atomic E-state index is 14.0. The number of aromatic nitrogens is 3. The molecule has 0 aliphatic rings. The third kappa shape index (κ3) is 9.02. The van der Waals surface area contributed by atoms with Crippen molar-refractivity contribution in [3.8, 4) is 0 Å². The third-order valence-corrected chi connectivity index (χ3v) is 6.78. The Labute approximate surface area is 245 Å². The fourth-order valence-corrected chi connectivity index (χ4v) is 4.38. The van der Waals surface area contributed by atoms with Crippen molar-refractivity contribution in [3.05, 3.63) is 120 Å². The number of pyridine rings is 1. The first-order valence-electron chi connectivity index (χ1n) is 13.8. The van der Waals surface area contributed by atoms with Gasteiger partial charge >= 0.3 is 6.09 Å². The topological polar surface area (TPSA) is 129 Å². The fourth-order valence-electron chi connectivity index (χ4n) is 4.38. The van der Waals surface area contributed by atoms with E-state index < -0.39 is 18.0 Å². The van der Waals surface area contributed by atoms with Crippen molar-refractivity contribution in [1.82, 2.24) is 30.5 Å². The molecule has 4 aromatic rings. The lowest BCUT2D eigenvalue weighted by Crippen LogP contribution is -2.52. The second kappa shape index (κ2) is 14.6. The van der Waals surface area contributed by atoms with Crippen LogP contribution >= 0.6 is 0 Å². The zero-order valence-corrected chi connectivity index (χ0v) is 23.8. The van der Waals surface area contributed by atoms with Gasteiger partial charge in [0.1, 0.15) is 12.6 Å². The van der Waals surface area contributed by atoms with Crippen molar-refractivity contribution < 1.29 is 19.1 Å². The van der Waals surface area contributed by atoms with E-state index in [0.717, 1.165) is 11.1 Å². The maximum atomic E-state index is 14.0. The molecule has 0 spiro atoms. The van der Waals surface area contributed by atoms with Crippen LogP contribution in [0.4, 0.5) is 4.79 Å². The molecule has 42 heavy (non-hydrogen) atoms. The molecule has 0 bridgehead atoms. The van der Waals surface area contributed by atoms with Crippen LogP contribution < -0.4 is 10.6 Å². The first kappa shape index (κ1) is 30.0. The Hall–Kier alpha value is -4.99. The highest BCUT2D eigenvalue weighted by molar-refractivity contribution is 5.89. The molecule has 2 aromatic carbocycles. The van der Waals surface area contributed by atoms with E-state index in [0.29, 0.717) is 17.9 Å². The smallest absolute Gasteiger partial charge is 0.408 e. The standard InChI is InChI=1S/C32H36N6O4/c1-32(2,25-13-7-4-8-14-25)22-35-29(39)20-38(19-26-15-9-10-16-34-26)30(40)28(17-27-18-33-23-36-27)37-31(41)42-21-24-11-5-3-6-12-24/h3-16,18,23,28H,17,19-22H2,1-2H3,(H,33,36)(H,35,39)(H,37,41)/t28-/m0/s1. The first-order valence-corrected chi connectivity index (χ1v) is 13.8. The number of hydrogen-bond donors (Lipinski definition) is 3. The summed E-state index contributed by atoms with van der Waals surface area (Å²) < 4.78 is 5.38. The number of ether oxygens (including phenoxy) is 1. The molecule has 2 aromatic heterocycles. The number of imidazole rings is 1. The zero-order chi connectivity index (χ0) is 29.8. The highest BCUT2D eigenvalue weighted by atomic mass is 16.5. The monoisotopic (exact) mass is 568 g/mol. The molecule has 10 heteroatoms. The van der Waals surface area contributed by atoms with Crippen molar-refractivity contribution >= 4 is 17.9 Å². The number of aromatic amines is 1. The number of hydrogen-bond acceptors (Lipinski definition) is 6. The molecular formula is C32H36N6O4. The summed E-state index contributed by atoms with van der Waals surface area (Å²) in [5.41, 5.74) is 2.76. The third-order valence-electron chi connectivity index (χ3n) is 6.78. The van der Waals surface area contributed by atoms with Gasteiger partial charge in [0.25, 0.3) is 0 Å². The van der Waals surface area contributed by atoms with Crippen LogP contribution in [0.1, 0.15) is 36.4 Å². The number of alkyl carbamates (subject to hydrolysis) is 1. The van der Waals surface area contributed by atoms with Gasteiger partial charge in [0, 0.05) is 30.8 Å². The van der Waals surface area contributed by atoms with Crippen LogP contribution in [-0.2, 0) is 39.3 Å². The molecule has 218 valence electrons. The number of nitrogens with zero attached hydrogens (tertiary/aromatic N) is 3. The predicted molar refractivity (Wildman–Crippen MR) is 158 cm³/mol. The number of H-pyrrole nitrogens is 1. The number of rotatable bonds is 13. The van der Waals surface area contributed by atoms with Crippen molar-refractivity contribution in [1.29, 1.82) is 0 Å². The van der Waals surface area contributed by atoms with Crippen LogP contribution in [0.15, 0.2) is 97.6 Å². The van der Waals surface area contributed by atoms with Crippen molar-refractivity contribution in [2.75, 3.05) is 13.1 Å². The van der Waals surface area contributed by atoms with E-state index in [1.165, 1.54) is 11.2 Å². The highest BCUT2D eigenvalue weighted by Crippen LogP contribution is 2.21. The number of carbonyl (C=O) groups excluding carboxylic acids is 3. The molecule has 0 fully saturated rings. The lowest BCUT2D eigenvalue weighted by atomic mass is 9.84. The number of amides is 3. The summed E-state index contributed by atoms with van der Waals surface area (Å²) in [6, 6.07) is 23.5. The van der Waals surface area contributed by atoms with E-state index >= 15 is 0 Å². The van der Waals surface area contributed by atoms with Gasteiger partial charge in [-0.2, -0.15) is 0 Å². The number of carbonyl (C=O) groups is 3. The summed E-state index contributed by atoms with van der Waals surface area (Å²) in [6.45, 7) is 4.37. The van der Waals surface area contributed by atoms with Gasteiger partial charge in [-0.1, -0.05) is 80.6 Å². The Kier molecular flexibility index (Phi) is 10.4. The van der Waals surface area contributed by atoms with E-state index in [1.807, 2.05) is 80.6 Å². The summed E-state index contributed by atoms with van der Waals surface area (Å²) >= 11 is 0. The molecule has 0 aliphatic carbocycles. The Morgan fingerprint density at radius 3 is 2.31 bits per heavy atom. The Morgan fingerprint density at radius 1 is 0.929 bits per heavy atom. The van der Waals surface area contributed by atoms with Crippen molar-refractivity contribution in [2.45, 2.75) is 44.9 Å². The zero-order valence-electron chi connectivity index (χ0n) is 23.8. The maximum Gasteiger partial charge on any atom is 0.408 e. The summed E-state index contributed by atoms with van der Waals surface area (Å²) in [5.74, 6) is -0.786. The molecule has 0 aliphatic heterocycles. The minimum Gasteiger partial charge on any atom is -0.445 e. The van der Waals surface area contributed by atoms with Gasteiger partial charge in [-0.15, -0.1) is 0 Å². The number of nitrogens with one attached hydrogen (secondary N) is 3. The minimum absolute atomic E-state index is 0.0489. The van der Waals surface area contributed by atoms with Crippen LogP contribution in [0.2, 0.25) is 0 Å². The molecule has 1 atom stereocenters. The largest absolute Gasteiger partial charge is 0.445 e. The summed E-state index contributed by atoms with van der Waals surface area (Å²) in [6.07, 6.45) is 4.13. The first-order chi connectivity index (χ1) is 20.3.